The number of ether oxygens (including phenoxy) is 3. The van der Waals surface area contributed by atoms with Crippen molar-refractivity contribution < 1.29 is 23.9 Å². The second-order valence-corrected chi connectivity index (χ2v) is 6.19. The Labute approximate surface area is 153 Å². The van der Waals surface area contributed by atoms with Gasteiger partial charge in [-0.3, -0.25) is 10.1 Å². The molecule has 0 aromatic heterocycles. The average Bonchev–Trinajstić information content (AvgIpc) is 3.11. The maximum Gasteiger partial charge on any atom is 0.331 e. The van der Waals surface area contributed by atoms with Crippen LogP contribution < -0.4 is 9.47 Å². The quantitative estimate of drug-likeness (QED) is 0.250. The fourth-order valence-corrected chi connectivity index (χ4v) is 2.73. The van der Waals surface area contributed by atoms with Gasteiger partial charge in [0.2, 0.25) is 6.79 Å². The van der Waals surface area contributed by atoms with Crippen molar-refractivity contribution in [3.63, 3.8) is 0 Å². The summed E-state index contributed by atoms with van der Waals surface area (Å²) in [5.41, 5.74) is 0.921. The molecule has 1 heterocycles. The molecule has 3 rings (SSSR count). The summed E-state index contributed by atoms with van der Waals surface area (Å²) < 4.78 is 15.5. The highest BCUT2D eigenvalue weighted by Crippen LogP contribution is 2.38. The van der Waals surface area contributed by atoms with E-state index < -0.39 is 10.9 Å². The lowest BCUT2D eigenvalue weighted by Crippen LogP contribution is -2.01. The lowest BCUT2D eigenvalue weighted by atomic mass is 10.1. The number of nitro groups is 1. The monoisotopic (exact) mass is 373 g/mol. The summed E-state index contributed by atoms with van der Waals surface area (Å²) >= 11 is 1.63. The van der Waals surface area contributed by atoms with E-state index in [2.05, 4.69) is 0 Å². The van der Waals surface area contributed by atoms with E-state index in [1.807, 2.05) is 30.5 Å². The van der Waals surface area contributed by atoms with Crippen molar-refractivity contribution in [2.75, 3.05) is 13.0 Å². The molecule has 0 fully saturated rings. The number of esters is 1. The molecule has 1 aliphatic rings. The molecule has 0 aliphatic carbocycles. The van der Waals surface area contributed by atoms with E-state index in [9.17, 15) is 14.9 Å². The van der Waals surface area contributed by atoms with Crippen LogP contribution in [0.3, 0.4) is 0 Å². The Hall–Kier alpha value is -3.00. The van der Waals surface area contributed by atoms with Gasteiger partial charge in [0.25, 0.3) is 5.69 Å². The van der Waals surface area contributed by atoms with E-state index in [4.69, 9.17) is 14.2 Å². The normalized spacial score (nSPS) is 12.3. The summed E-state index contributed by atoms with van der Waals surface area (Å²) in [4.78, 5) is 23.7. The van der Waals surface area contributed by atoms with Crippen LogP contribution in [0.5, 0.6) is 11.5 Å². The number of hydrogen-bond acceptors (Lipinski definition) is 7. The summed E-state index contributed by atoms with van der Waals surface area (Å²) in [5, 5.41) is 11.2. The topological polar surface area (TPSA) is 87.9 Å². The van der Waals surface area contributed by atoms with Crippen LogP contribution >= 0.6 is 11.8 Å². The van der Waals surface area contributed by atoms with Gasteiger partial charge in [0.15, 0.2) is 11.5 Å². The fraction of sp³-hybridized carbons (Fsp3) is 0.167. The summed E-state index contributed by atoms with van der Waals surface area (Å²) in [6, 6.07) is 10.4. The molecule has 0 amide bonds. The van der Waals surface area contributed by atoms with Gasteiger partial charge in [-0.25, -0.2) is 4.79 Å². The smallest absolute Gasteiger partial charge is 0.331 e. The molecule has 134 valence electrons. The second-order valence-electron chi connectivity index (χ2n) is 5.31. The predicted octanol–water partition coefficient (Wildman–Crippen LogP) is 3.80. The van der Waals surface area contributed by atoms with Crippen molar-refractivity contribution in [2.24, 2.45) is 0 Å². The first kappa shape index (κ1) is 17.8. The Morgan fingerprint density at radius 2 is 1.96 bits per heavy atom. The van der Waals surface area contributed by atoms with Crippen molar-refractivity contribution in [1.82, 2.24) is 0 Å². The zero-order valence-corrected chi connectivity index (χ0v) is 14.7. The van der Waals surface area contributed by atoms with Crippen LogP contribution in [0.25, 0.3) is 6.08 Å². The Bertz CT molecular complexity index is 863. The van der Waals surface area contributed by atoms with Gasteiger partial charge < -0.3 is 14.2 Å². The molecule has 26 heavy (non-hydrogen) atoms. The molecule has 0 saturated heterocycles. The first-order chi connectivity index (χ1) is 12.6. The number of nitrogens with zero attached hydrogens (tertiary/aromatic N) is 1. The first-order valence-corrected chi connectivity index (χ1v) is 8.85. The molecule has 2 aromatic rings. The SMILES string of the molecule is CSc1ccc(COC(=O)/C=C/c2cc3c(cc2[N+](=O)[O-])OCO3)cc1. The maximum absolute atomic E-state index is 11.9. The highest BCUT2D eigenvalue weighted by molar-refractivity contribution is 7.98. The molecule has 0 saturated carbocycles. The summed E-state index contributed by atoms with van der Waals surface area (Å²) in [5.74, 6) is 0.119. The number of hydrogen-bond donors (Lipinski definition) is 0. The summed E-state index contributed by atoms with van der Waals surface area (Å²) in [6.07, 6.45) is 4.47. The van der Waals surface area contributed by atoms with Gasteiger partial charge >= 0.3 is 5.97 Å². The molecule has 0 spiro atoms. The highest BCUT2D eigenvalue weighted by atomic mass is 32.2. The van der Waals surface area contributed by atoms with Crippen LogP contribution in [0.4, 0.5) is 5.69 Å². The van der Waals surface area contributed by atoms with Crippen molar-refractivity contribution in [2.45, 2.75) is 11.5 Å². The summed E-state index contributed by atoms with van der Waals surface area (Å²) in [6.45, 7) is 0.137. The van der Waals surface area contributed by atoms with Crippen LogP contribution in [0.15, 0.2) is 47.4 Å². The molecular weight excluding hydrogens is 358 g/mol. The van der Waals surface area contributed by atoms with Crippen molar-refractivity contribution in [1.29, 1.82) is 0 Å². The average molecular weight is 373 g/mol. The Kier molecular flexibility index (Phi) is 5.43. The number of fused-ring (bicyclic) bond motifs is 1. The molecule has 7 nitrogen and oxygen atoms in total. The van der Waals surface area contributed by atoms with Crippen molar-refractivity contribution >= 4 is 29.5 Å². The lowest BCUT2D eigenvalue weighted by Gasteiger charge is -2.04. The Morgan fingerprint density at radius 1 is 1.27 bits per heavy atom. The van der Waals surface area contributed by atoms with Crippen molar-refractivity contribution in [3.05, 3.63) is 63.7 Å². The van der Waals surface area contributed by atoms with Gasteiger partial charge in [0.1, 0.15) is 6.61 Å². The molecular formula is C18H15NO6S. The van der Waals surface area contributed by atoms with E-state index in [0.717, 1.165) is 16.5 Å². The van der Waals surface area contributed by atoms with E-state index in [1.165, 1.54) is 18.2 Å². The van der Waals surface area contributed by atoms with Gasteiger partial charge in [0, 0.05) is 11.0 Å². The molecule has 1 aliphatic heterocycles. The minimum Gasteiger partial charge on any atom is -0.458 e. The van der Waals surface area contributed by atoms with Crippen LogP contribution in [0.1, 0.15) is 11.1 Å². The largest absolute Gasteiger partial charge is 0.458 e. The van der Waals surface area contributed by atoms with Gasteiger partial charge in [-0.1, -0.05) is 12.1 Å². The van der Waals surface area contributed by atoms with Crippen LogP contribution in [0.2, 0.25) is 0 Å². The number of carbonyl (C=O) groups is 1. The van der Waals surface area contributed by atoms with Gasteiger partial charge in [-0.2, -0.15) is 0 Å². The number of benzene rings is 2. The van der Waals surface area contributed by atoms with Crippen LogP contribution in [-0.2, 0) is 16.1 Å². The third-order valence-electron chi connectivity index (χ3n) is 3.66. The fourth-order valence-electron chi connectivity index (χ4n) is 2.32. The van der Waals surface area contributed by atoms with Crippen LogP contribution in [0, 0.1) is 10.1 Å². The molecule has 0 N–H and O–H groups in total. The van der Waals surface area contributed by atoms with Gasteiger partial charge in [-0.15, -0.1) is 11.8 Å². The predicted molar refractivity (Wildman–Crippen MR) is 96.3 cm³/mol. The molecule has 8 heteroatoms. The molecule has 0 unspecified atom stereocenters. The zero-order chi connectivity index (χ0) is 18.5. The van der Waals surface area contributed by atoms with Gasteiger partial charge in [-0.05, 0) is 36.1 Å². The minimum atomic E-state index is -0.592. The van der Waals surface area contributed by atoms with E-state index in [1.54, 1.807) is 11.8 Å². The van der Waals surface area contributed by atoms with Crippen molar-refractivity contribution in [3.8, 4) is 11.5 Å². The number of rotatable bonds is 6. The van der Waals surface area contributed by atoms with E-state index >= 15 is 0 Å². The number of carbonyl (C=O) groups excluding carboxylic acids is 1. The maximum atomic E-state index is 11.9. The molecule has 0 radical (unpaired) electrons. The third-order valence-corrected chi connectivity index (χ3v) is 4.40. The van der Waals surface area contributed by atoms with E-state index in [-0.39, 0.29) is 24.7 Å². The Morgan fingerprint density at radius 3 is 2.62 bits per heavy atom. The minimum absolute atomic E-state index is 0.0109. The summed E-state index contributed by atoms with van der Waals surface area (Å²) in [7, 11) is 0. The van der Waals surface area contributed by atoms with Gasteiger partial charge in [0.05, 0.1) is 16.6 Å². The van der Waals surface area contributed by atoms with E-state index in [0.29, 0.717) is 11.5 Å². The van der Waals surface area contributed by atoms with Crippen LogP contribution in [-0.4, -0.2) is 23.9 Å². The lowest BCUT2D eigenvalue weighted by molar-refractivity contribution is -0.385. The number of thioether (sulfide) groups is 1. The molecule has 2 aromatic carbocycles. The third kappa shape index (κ3) is 4.15. The Balaban J connectivity index is 1.67. The first-order valence-electron chi connectivity index (χ1n) is 7.62. The highest BCUT2D eigenvalue weighted by Gasteiger charge is 2.22. The number of nitro benzene ring substituents is 1. The molecule has 0 bridgehead atoms. The zero-order valence-electron chi connectivity index (χ0n) is 13.8. The standard InChI is InChI=1S/C18H15NO6S/c1-26-14-5-2-12(3-6-14)10-23-18(20)7-4-13-8-16-17(25-11-24-16)9-15(13)19(21)22/h2-9H,10-11H2,1H3/b7-4+. The molecule has 0 atom stereocenters. The second kappa shape index (κ2) is 7.92.